The van der Waals surface area contributed by atoms with Crippen molar-refractivity contribution in [1.29, 1.82) is 5.26 Å². The Morgan fingerprint density at radius 2 is 2.16 bits per heavy atom. The van der Waals surface area contributed by atoms with Gasteiger partial charge < -0.3 is 0 Å². The normalized spacial score (nSPS) is 22.8. The third-order valence-corrected chi connectivity index (χ3v) is 4.21. The van der Waals surface area contributed by atoms with Crippen LogP contribution in [0.5, 0.6) is 0 Å². The lowest BCUT2D eigenvalue weighted by molar-refractivity contribution is -0.118. The molecule has 3 nitrogen and oxygen atoms in total. The predicted molar refractivity (Wildman–Crippen MR) is 78.5 cm³/mol. The van der Waals surface area contributed by atoms with Gasteiger partial charge in [0.25, 0.3) is 0 Å². The molecule has 0 fully saturated rings. The van der Waals surface area contributed by atoms with Crippen LogP contribution in [0.3, 0.4) is 0 Å². The number of thioether (sulfide) groups is 1. The Morgan fingerprint density at radius 1 is 1.47 bits per heavy atom. The summed E-state index contributed by atoms with van der Waals surface area (Å²) < 4.78 is 0. The lowest BCUT2D eigenvalue weighted by atomic mass is 9.83. The van der Waals surface area contributed by atoms with Crippen LogP contribution in [-0.4, -0.2) is 16.7 Å². The van der Waals surface area contributed by atoms with E-state index < -0.39 is 0 Å². The molecule has 0 spiro atoms. The number of hydrogen-bond donors (Lipinski definition) is 0. The molecule has 0 aromatic heterocycles. The van der Waals surface area contributed by atoms with Gasteiger partial charge in [-0.3, -0.25) is 4.79 Å². The summed E-state index contributed by atoms with van der Waals surface area (Å²) in [6.45, 7) is 1.98. The van der Waals surface area contributed by atoms with E-state index in [1.165, 1.54) is 11.8 Å². The fourth-order valence-electron chi connectivity index (χ4n) is 2.15. The van der Waals surface area contributed by atoms with Crippen molar-refractivity contribution in [3.8, 4) is 6.07 Å². The molecule has 0 radical (unpaired) electrons. The van der Waals surface area contributed by atoms with Crippen LogP contribution in [0, 0.1) is 17.2 Å². The third kappa shape index (κ3) is 3.17. The number of hydrogen-bond acceptors (Lipinski definition) is 3. The maximum atomic E-state index is 11.7. The minimum atomic E-state index is -0.344. The van der Waals surface area contributed by atoms with Gasteiger partial charge in [0.05, 0.1) is 11.1 Å². The number of rotatable bonds is 2. The van der Waals surface area contributed by atoms with E-state index in [9.17, 15) is 10.1 Å². The maximum absolute atomic E-state index is 11.7. The molecule has 1 aliphatic heterocycles. The molecular formula is C14H13ClN2OS. The summed E-state index contributed by atoms with van der Waals surface area (Å²) in [5, 5.41) is 10.7. The Kier molecular flexibility index (Phi) is 4.62. The molecule has 0 N–H and O–H groups in total. The zero-order valence-electron chi connectivity index (χ0n) is 10.5. The standard InChI is InChI=1S/C14H13ClN2OS/c1-2-19-14-12(8-16)11(7-13(18)17-14)9-3-5-10(15)6-4-9/h3-6,11-12H,2,7H2,1H3. The first-order chi connectivity index (χ1) is 9.15. The van der Waals surface area contributed by atoms with Crippen LogP contribution in [0.2, 0.25) is 5.02 Å². The molecule has 1 heterocycles. The van der Waals surface area contributed by atoms with E-state index in [4.69, 9.17) is 11.6 Å². The van der Waals surface area contributed by atoms with Crippen molar-refractivity contribution in [3.05, 3.63) is 34.9 Å². The number of halogens is 1. The summed E-state index contributed by atoms with van der Waals surface area (Å²) in [6.07, 6.45) is 0.285. The van der Waals surface area contributed by atoms with E-state index in [0.717, 1.165) is 11.3 Å². The molecule has 2 atom stereocenters. The average Bonchev–Trinajstić information content (AvgIpc) is 2.39. The summed E-state index contributed by atoms with van der Waals surface area (Å²) in [5.74, 6) is 0.185. The highest BCUT2D eigenvalue weighted by Crippen LogP contribution is 2.36. The van der Waals surface area contributed by atoms with Crippen LogP contribution in [0.4, 0.5) is 0 Å². The fourth-order valence-corrected chi connectivity index (χ4v) is 3.14. The summed E-state index contributed by atoms with van der Waals surface area (Å²) in [7, 11) is 0. The molecule has 1 aromatic rings. The molecule has 1 aliphatic rings. The summed E-state index contributed by atoms with van der Waals surface area (Å²) >= 11 is 7.34. The van der Waals surface area contributed by atoms with Crippen LogP contribution in [-0.2, 0) is 4.79 Å². The minimum absolute atomic E-state index is 0.124. The first-order valence-corrected chi connectivity index (χ1v) is 7.41. The van der Waals surface area contributed by atoms with E-state index >= 15 is 0 Å². The molecule has 1 amide bonds. The van der Waals surface area contributed by atoms with Gasteiger partial charge >= 0.3 is 0 Å². The lowest BCUT2D eigenvalue weighted by Gasteiger charge is -2.26. The van der Waals surface area contributed by atoms with Gasteiger partial charge in [-0.2, -0.15) is 5.26 Å². The highest BCUT2D eigenvalue weighted by Gasteiger charge is 2.34. The van der Waals surface area contributed by atoms with E-state index in [-0.39, 0.29) is 24.2 Å². The van der Waals surface area contributed by atoms with Gasteiger partial charge in [-0.05, 0) is 23.4 Å². The average molecular weight is 293 g/mol. The number of carbonyl (C=O) groups is 1. The molecule has 0 saturated heterocycles. The van der Waals surface area contributed by atoms with Crippen molar-refractivity contribution in [2.45, 2.75) is 19.3 Å². The van der Waals surface area contributed by atoms with E-state index in [0.29, 0.717) is 10.1 Å². The van der Waals surface area contributed by atoms with Gasteiger partial charge in [0.1, 0.15) is 5.92 Å². The van der Waals surface area contributed by atoms with Crippen molar-refractivity contribution >= 4 is 34.3 Å². The number of aliphatic imine (C=N–C) groups is 1. The van der Waals surface area contributed by atoms with Crippen molar-refractivity contribution in [1.82, 2.24) is 0 Å². The second-order valence-corrected chi connectivity index (χ2v) is 5.97. The van der Waals surface area contributed by atoms with Crippen LogP contribution in [0.1, 0.15) is 24.8 Å². The Hall–Kier alpha value is -1.31. The Bertz CT molecular complexity index is 548. The largest absolute Gasteiger partial charge is 0.273 e. The summed E-state index contributed by atoms with van der Waals surface area (Å²) in [4.78, 5) is 15.7. The maximum Gasteiger partial charge on any atom is 0.247 e. The molecule has 2 rings (SSSR count). The van der Waals surface area contributed by atoms with Gasteiger partial charge in [0.15, 0.2) is 0 Å². The molecular weight excluding hydrogens is 280 g/mol. The van der Waals surface area contributed by atoms with Gasteiger partial charge in [-0.1, -0.05) is 30.7 Å². The molecule has 19 heavy (non-hydrogen) atoms. The number of benzene rings is 1. The monoisotopic (exact) mass is 292 g/mol. The zero-order valence-corrected chi connectivity index (χ0v) is 12.0. The van der Waals surface area contributed by atoms with Crippen molar-refractivity contribution in [2.75, 3.05) is 5.75 Å². The van der Waals surface area contributed by atoms with E-state index in [1.54, 1.807) is 12.1 Å². The van der Waals surface area contributed by atoms with Crippen molar-refractivity contribution < 1.29 is 4.79 Å². The van der Waals surface area contributed by atoms with Gasteiger partial charge in [0, 0.05) is 17.4 Å². The summed E-state index contributed by atoms with van der Waals surface area (Å²) in [5.41, 5.74) is 0.966. The summed E-state index contributed by atoms with van der Waals surface area (Å²) in [6, 6.07) is 9.62. The first kappa shape index (κ1) is 14.1. The minimum Gasteiger partial charge on any atom is -0.273 e. The SMILES string of the molecule is CCSC1=NC(=O)CC(c2ccc(Cl)cc2)C1C#N. The van der Waals surface area contributed by atoms with Crippen molar-refractivity contribution in [3.63, 3.8) is 0 Å². The molecule has 2 unspecified atom stereocenters. The predicted octanol–water partition coefficient (Wildman–Crippen LogP) is 3.65. The first-order valence-electron chi connectivity index (χ1n) is 6.05. The Labute approximate surface area is 121 Å². The molecule has 0 saturated carbocycles. The highest BCUT2D eigenvalue weighted by molar-refractivity contribution is 8.14. The number of amides is 1. The van der Waals surface area contributed by atoms with Crippen LogP contribution < -0.4 is 0 Å². The van der Waals surface area contributed by atoms with Crippen LogP contribution in [0.15, 0.2) is 29.3 Å². The molecule has 0 aliphatic carbocycles. The fraction of sp³-hybridized carbons (Fsp3) is 0.357. The quantitative estimate of drug-likeness (QED) is 0.836. The number of nitriles is 1. The zero-order chi connectivity index (χ0) is 13.8. The van der Waals surface area contributed by atoms with Gasteiger partial charge in [0.2, 0.25) is 5.91 Å². The van der Waals surface area contributed by atoms with Gasteiger partial charge in [-0.15, -0.1) is 11.8 Å². The second kappa shape index (κ2) is 6.23. The van der Waals surface area contributed by atoms with Crippen LogP contribution in [0.25, 0.3) is 0 Å². The Morgan fingerprint density at radius 3 is 2.74 bits per heavy atom. The highest BCUT2D eigenvalue weighted by atomic mass is 35.5. The van der Waals surface area contributed by atoms with Gasteiger partial charge in [-0.25, -0.2) is 4.99 Å². The van der Waals surface area contributed by atoms with Crippen LogP contribution >= 0.6 is 23.4 Å². The molecule has 5 heteroatoms. The van der Waals surface area contributed by atoms with E-state index in [1.807, 2.05) is 19.1 Å². The molecule has 1 aromatic carbocycles. The Balaban J connectivity index is 2.35. The molecule has 98 valence electrons. The third-order valence-electron chi connectivity index (χ3n) is 3.03. The van der Waals surface area contributed by atoms with E-state index in [2.05, 4.69) is 11.1 Å². The topological polar surface area (TPSA) is 53.2 Å². The number of nitrogens with zero attached hydrogens (tertiary/aromatic N) is 2. The molecule has 0 bridgehead atoms. The lowest BCUT2D eigenvalue weighted by Crippen LogP contribution is -2.27. The van der Waals surface area contributed by atoms with Crippen molar-refractivity contribution in [2.24, 2.45) is 10.9 Å². The second-order valence-electron chi connectivity index (χ2n) is 4.25. The smallest absolute Gasteiger partial charge is 0.247 e. The number of carbonyl (C=O) groups excluding carboxylic acids is 1.